The first-order chi connectivity index (χ1) is 17.4. The maximum absolute atomic E-state index is 12.5. The molecule has 2 aromatic carbocycles. The van der Waals surface area contributed by atoms with Crippen LogP contribution >= 0.6 is 0 Å². The predicted octanol–water partition coefficient (Wildman–Crippen LogP) is 2.45. The van der Waals surface area contributed by atoms with Gasteiger partial charge in [0.1, 0.15) is 5.54 Å². The van der Waals surface area contributed by atoms with E-state index in [4.69, 9.17) is 0 Å². The lowest BCUT2D eigenvalue weighted by Crippen LogP contribution is -2.52. The van der Waals surface area contributed by atoms with Crippen LogP contribution in [0.1, 0.15) is 44.2 Å². The number of benzene rings is 2. The number of ether oxygens (including phenoxy) is 1. The number of hydrogen-bond acceptors (Lipinski definition) is 6. The molecule has 192 valence electrons. The highest BCUT2D eigenvalue weighted by Crippen LogP contribution is 2.35. The highest BCUT2D eigenvalue weighted by molar-refractivity contribution is 5.94. The van der Waals surface area contributed by atoms with E-state index in [1.54, 1.807) is 0 Å². The Balaban J connectivity index is 1.19. The van der Waals surface area contributed by atoms with Gasteiger partial charge >= 0.3 is 5.97 Å². The van der Waals surface area contributed by atoms with E-state index in [0.29, 0.717) is 18.9 Å². The maximum atomic E-state index is 12.5. The fourth-order valence-corrected chi connectivity index (χ4v) is 4.93. The van der Waals surface area contributed by atoms with Crippen LogP contribution in [-0.4, -0.2) is 67.6 Å². The summed E-state index contributed by atoms with van der Waals surface area (Å²) in [6.45, 7) is 4.61. The number of nitrogens with one attached hydrogen (secondary N) is 3. The number of esters is 1. The van der Waals surface area contributed by atoms with Crippen LogP contribution in [0.5, 0.6) is 0 Å². The van der Waals surface area contributed by atoms with Gasteiger partial charge in [-0.2, -0.15) is 0 Å². The van der Waals surface area contributed by atoms with Crippen LogP contribution in [0.25, 0.3) is 10.8 Å². The molecule has 4 rings (SSSR count). The highest BCUT2D eigenvalue weighted by atomic mass is 16.5. The Morgan fingerprint density at radius 3 is 2.56 bits per heavy atom. The molecular weight excluding hydrogens is 456 g/mol. The summed E-state index contributed by atoms with van der Waals surface area (Å²) in [6, 6.07) is 15.6. The molecular formula is C28H36N4O4. The van der Waals surface area contributed by atoms with Gasteiger partial charge in [-0.15, -0.1) is 0 Å². The van der Waals surface area contributed by atoms with Crippen molar-refractivity contribution in [3.63, 3.8) is 0 Å². The molecule has 8 heteroatoms. The van der Waals surface area contributed by atoms with E-state index in [9.17, 15) is 14.4 Å². The van der Waals surface area contributed by atoms with Gasteiger partial charge in [0.15, 0.2) is 0 Å². The standard InChI is InChI=1S/C28H36N4O4/c1-20(23-10-5-8-21-7-3-4-9-24(21)23)32-17-12-22(13-18-32)30-19-25(33)31-28(14-15-28)27(35)29-16-6-11-26(34)36-2/h3-11,20,22,30H,12-19H2,1-2H3,(H,29,35)(H,31,33)/b11-6+. The van der Waals surface area contributed by atoms with E-state index in [1.165, 1.54) is 35.6 Å². The van der Waals surface area contributed by atoms with Gasteiger partial charge in [0, 0.05) is 37.8 Å². The number of piperidine rings is 1. The van der Waals surface area contributed by atoms with Gasteiger partial charge in [0.05, 0.1) is 13.7 Å². The molecule has 1 aliphatic heterocycles. The topological polar surface area (TPSA) is 99.8 Å². The van der Waals surface area contributed by atoms with Crippen molar-refractivity contribution < 1.29 is 19.1 Å². The number of hydrogen-bond donors (Lipinski definition) is 3. The molecule has 0 radical (unpaired) electrons. The second-order valence-electron chi connectivity index (χ2n) is 9.70. The SMILES string of the molecule is COC(=O)/C=C/CNC(=O)C1(NC(=O)CNC2CCN(C(C)c3cccc4ccccc34)CC2)CC1. The summed E-state index contributed by atoms with van der Waals surface area (Å²) < 4.78 is 4.51. The molecule has 1 aliphatic carbocycles. The minimum Gasteiger partial charge on any atom is -0.466 e. The van der Waals surface area contributed by atoms with E-state index in [2.05, 4.69) is 75.0 Å². The summed E-state index contributed by atoms with van der Waals surface area (Å²) in [5.41, 5.74) is 0.530. The molecule has 0 spiro atoms. The minimum atomic E-state index is -0.824. The van der Waals surface area contributed by atoms with E-state index in [0.717, 1.165) is 25.9 Å². The first-order valence-electron chi connectivity index (χ1n) is 12.7. The summed E-state index contributed by atoms with van der Waals surface area (Å²) in [7, 11) is 1.30. The molecule has 2 aliphatic rings. The van der Waals surface area contributed by atoms with E-state index >= 15 is 0 Å². The lowest BCUT2D eigenvalue weighted by Gasteiger charge is -2.37. The Labute approximate surface area is 212 Å². The number of rotatable bonds is 10. The molecule has 2 amide bonds. The molecule has 36 heavy (non-hydrogen) atoms. The van der Waals surface area contributed by atoms with Crippen LogP contribution in [-0.2, 0) is 19.1 Å². The van der Waals surface area contributed by atoms with Crippen molar-refractivity contribution in [2.45, 2.75) is 50.2 Å². The summed E-state index contributed by atoms with van der Waals surface area (Å²) in [5, 5.41) is 11.6. The second-order valence-corrected chi connectivity index (χ2v) is 9.70. The van der Waals surface area contributed by atoms with Crippen LogP contribution in [0, 0.1) is 0 Å². The Bertz CT molecular complexity index is 1110. The van der Waals surface area contributed by atoms with Crippen molar-refractivity contribution >= 4 is 28.6 Å². The summed E-state index contributed by atoms with van der Waals surface area (Å²) >= 11 is 0. The molecule has 1 unspecified atom stereocenters. The number of fused-ring (bicyclic) bond motifs is 1. The van der Waals surface area contributed by atoms with E-state index in [1.807, 2.05) is 0 Å². The Hall–Kier alpha value is -3.23. The van der Waals surface area contributed by atoms with Gasteiger partial charge in [0.25, 0.3) is 0 Å². The van der Waals surface area contributed by atoms with Crippen molar-refractivity contribution in [1.29, 1.82) is 0 Å². The van der Waals surface area contributed by atoms with Crippen LogP contribution < -0.4 is 16.0 Å². The Morgan fingerprint density at radius 2 is 1.83 bits per heavy atom. The van der Waals surface area contributed by atoms with Gasteiger partial charge in [0.2, 0.25) is 11.8 Å². The lowest BCUT2D eigenvalue weighted by atomic mass is 9.96. The van der Waals surface area contributed by atoms with Crippen molar-refractivity contribution in [1.82, 2.24) is 20.9 Å². The zero-order chi connectivity index (χ0) is 25.5. The Kier molecular flexibility index (Phi) is 8.38. The van der Waals surface area contributed by atoms with Crippen molar-refractivity contribution in [3.8, 4) is 0 Å². The number of amides is 2. The van der Waals surface area contributed by atoms with Crippen LogP contribution in [0.3, 0.4) is 0 Å². The molecule has 8 nitrogen and oxygen atoms in total. The second kappa shape index (κ2) is 11.7. The molecule has 0 aromatic heterocycles. The minimum absolute atomic E-state index is 0.167. The molecule has 1 saturated carbocycles. The quantitative estimate of drug-likeness (QED) is 0.348. The molecule has 2 fully saturated rings. The fraction of sp³-hybridized carbons (Fsp3) is 0.464. The number of methoxy groups -OCH3 is 1. The van der Waals surface area contributed by atoms with Crippen molar-refractivity contribution in [3.05, 3.63) is 60.2 Å². The summed E-state index contributed by atoms with van der Waals surface area (Å²) in [4.78, 5) is 38.6. The highest BCUT2D eigenvalue weighted by Gasteiger charge is 2.50. The Morgan fingerprint density at radius 1 is 1.11 bits per heavy atom. The van der Waals surface area contributed by atoms with E-state index in [-0.39, 0.29) is 30.9 Å². The third-order valence-electron chi connectivity index (χ3n) is 7.30. The zero-order valence-corrected chi connectivity index (χ0v) is 21.1. The molecule has 1 saturated heterocycles. The van der Waals surface area contributed by atoms with Gasteiger partial charge in [-0.1, -0.05) is 48.5 Å². The molecule has 3 N–H and O–H groups in total. The van der Waals surface area contributed by atoms with Crippen LogP contribution in [0.15, 0.2) is 54.6 Å². The molecule has 1 atom stereocenters. The number of nitrogens with zero attached hydrogens (tertiary/aromatic N) is 1. The zero-order valence-electron chi connectivity index (χ0n) is 21.1. The summed E-state index contributed by atoms with van der Waals surface area (Å²) in [5.74, 6) is -0.862. The third kappa shape index (κ3) is 6.30. The molecule has 1 heterocycles. The summed E-state index contributed by atoms with van der Waals surface area (Å²) in [6.07, 6.45) is 5.97. The smallest absolute Gasteiger partial charge is 0.330 e. The third-order valence-corrected chi connectivity index (χ3v) is 7.30. The average Bonchev–Trinajstić information content (AvgIpc) is 3.69. The monoisotopic (exact) mass is 492 g/mol. The first kappa shape index (κ1) is 25.9. The maximum Gasteiger partial charge on any atom is 0.330 e. The number of carbonyl (C=O) groups is 3. The molecule has 2 aromatic rings. The van der Waals surface area contributed by atoms with Crippen LogP contribution in [0.4, 0.5) is 0 Å². The molecule has 0 bridgehead atoms. The largest absolute Gasteiger partial charge is 0.466 e. The van der Waals surface area contributed by atoms with Crippen LogP contribution in [0.2, 0.25) is 0 Å². The number of carbonyl (C=O) groups excluding carboxylic acids is 3. The average molecular weight is 493 g/mol. The van der Waals surface area contributed by atoms with Gasteiger partial charge in [-0.25, -0.2) is 4.79 Å². The van der Waals surface area contributed by atoms with Crippen molar-refractivity contribution in [2.24, 2.45) is 0 Å². The number of likely N-dealkylation sites (tertiary alicyclic amines) is 1. The van der Waals surface area contributed by atoms with Crippen molar-refractivity contribution in [2.75, 3.05) is 33.3 Å². The normalized spacial score (nSPS) is 18.6. The van der Waals surface area contributed by atoms with Gasteiger partial charge in [-0.3, -0.25) is 14.5 Å². The first-order valence-corrected chi connectivity index (χ1v) is 12.7. The van der Waals surface area contributed by atoms with Gasteiger partial charge in [-0.05, 0) is 48.9 Å². The lowest BCUT2D eigenvalue weighted by molar-refractivity contribution is -0.134. The van der Waals surface area contributed by atoms with E-state index < -0.39 is 11.5 Å². The fourth-order valence-electron chi connectivity index (χ4n) is 4.93. The van der Waals surface area contributed by atoms with Gasteiger partial charge < -0.3 is 20.7 Å². The predicted molar refractivity (Wildman–Crippen MR) is 139 cm³/mol.